The number of benzene rings is 1. The average molecular weight is 288 g/mol. The van der Waals surface area contributed by atoms with E-state index in [2.05, 4.69) is 4.98 Å². The van der Waals surface area contributed by atoms with E-state index in [1.54, 1.807) is 31.4 Å². The summed E-state index contributed by atoms with van der Waals surface area (Å²) in [5.41, 5.74) is 1.62. The van der Waals surface area contributed by atoms with Crippen molar-refractivity contribution in [3.63, 3.8) is 0 Å². The second kappa shape index (κ2) is 6.83. The van der Waals surface area contributed by atoms with Gasteiger partial charge in [0.15, 0.2) is 6.61 Å². The van der Waals surface area contributed by atoms with Crippen LogP contribution in [-0.4, -0.2) is 29.4 Å². The molecule has 0 bridgehead atoms. The van der Waals surface area contributed by atoms with Gasteiger partial charge in [-0.2, -0.15) is 0 Å². The zero-order valence-corrected chi connectivity index (χ0v) is 12.0. The highest BCUT2D eigenvalue weighted by atomic mass is 19.1. The summed E-state index contributed by atoms with van der Waals surface area (Å²) in [7, 11) is 1.66. The third kappa shape index (κ3) is 4.56. The fourth-order valence-electron chi connectivity index (χ4n) is 1.79. The number of hydrogen-bond donors (Lipinski definition) is 0. The number of nitrogens with zero attached hydrogens (tertiary/aromatic N) is 2. The van der Waals surface area contributed by atoms with E-state index < -0.39 is 0 Å². The molecular formula is C16H17FN2O2. The van der Waals surface area contributed by atoms with Crippen molar-refractivity contribution in [1.82, 2.24) is 9.88 Å². The van der Waals surface area contributed by atoms with Gasteiger partial charge in [0, 0.05) is 19.3 Å². The van der Waals surface area contributed by atoms with Crippen molar-refractivity contribution in [2.24, 2.45) is 0 Å². The molecule has 1 aromatic carbocycles. The molecule has 1 aromatic heterocycles. The predicted octanol–water partition coefficient (Wildman–Crippen LogP) is 2.57. The Kier molecular flexibility index (Phi) is 4.87. The Balaban J connectivity index is 1.86. The molecule has 0 unspecified atom stereocenters. The van der Waals surface area contributed by atoms with Gasteiger partial charge in [-0.25, -0.2) is 4.39 Å². The molecule has 2 aromatic rings. The van der Waals surface area contributed by atoms with Crippen LogP contribution in [0.5, 0.6) is 5.75 Å². The lowest BCUT2D eigenvalue weighted by molar-refractivity contribution is -0.132. The molecule has 0 atom stereocenters. The van der Waals surface area contributed by atoms with Crippen LogP contribution in [0.2, 0.25) is 0 Å². The van der Waals surface area contributed by atoms with Crippen LogP contribution in [0, 0.1) is 12.7 Å². The Bertz CT molecular complexity index is 614. The first-order valence-corrected chi connectivity index (χ1v) is 6.58. The predicted molar refractivity (Wildman–Crippen MR) is 77.3 cm³/mol. The summed E-state index contributed by atoms with van der Waals surface area (Å²) >= 11 is 0. The van der Waals surface area contributed by atoms with Crippen molar-refractivity contribution in [1.29, 1.82) is 0 Å². The molecule has 0 radical (unpaired) electrons. The highest BCUT2D eigenvalue weighted by Gasteiger charge is 2.10. The number of ether oxygens (including phenoxy) is 1. The zero-order chi connectivity index (χ0) is 15.2. The molecule has 0 aliphatic heterocycles. The molecule has 21 heavy (non-hydrogen) atoms. The summed E-state index contributed by atoms with van der Waals surface area (Å²) in [5, 5.41) is 0. The first-order valence-electron chi connectivity index (χ1n) is 6.58. The molecule has 0 saturated heterocycles. The molecule has 110 valence electrons. The standard InChI is InChI=1S/C16H17FN2O2/c1-12-6-7-15(9-18-12)21-11-16(20)19(2)10-13-4-3-5-14(17)8-13/h3-9H,10-11H2,1-2H3. The van der Waals surface area contributed by atoms with Gasteiger partial charge in [-0.15, -0.1) is 0 Å². The number of halogens is 1. The summed E-state index contributed by atoms with van der Waals surface area (Å²) in [5.74, 6) is 0.0586. The Hall–Kier alpha value is -2.43. The number of pyridine rings is 1. The Morgan fingerprint density at radius 2 is 2.14 bits per heavy atom. The van der Waals surface area contributed by atoms with E-state index in [1.165, 1.54) is 17.0 Å². The summed E-state index contributed by atoms with van der Waals surface area (Å²) in [6.07, 6.45) is 1.58. The smallest absolute Gasteiger partial charge is 0.260 e. The normalized spacial score (nSPS) is 10.2. The monoisotopic (exact) mass is 288 g/mol. The Morgan fingerprint density at radius 1 is 1.33 bits per heavy atom. The molecule has 0 spiro atoms. The van der Waals surface area contributed by atoms with E-state index in [1.807, 2.05) is 13.0 Å². The maximum atomic E-state index is 13.1. The van der Waals surface area contributed by atoms with Crippen LogP contribution >= 0.6 is 0 Å². The first kappa shape index (κ1) is 15.0. The number of carbonyl (C=O) groups excluding carboxylic acids is 1. The van der Waals surface area contributed by atoms with Crippen LogP contribution in [0.4, 0.5) is 4.39 Å². The quantitative estimate of drug-likeness (QED) is 0.849. The highest BCUT2D eigenvalue weighted by Crippen LogP contribution is 2.10. The van der Waals surface area contributed by atoms with Gasteiger partial charge in [0.2, 0.25) is 0 Å². The Labute approximate surface area is 123 Å². The number of rotatable bonds is 5. The summed E-state index contributed by atoms with van der Waals surface area (Å²) in [4.78, 5) is 17.5. The molecule has 5 heteroatoms. The van der Waals surface area contributed by atoms with Crippen LogP contribution in [0.15, 0.2) is 42.6 Å². The second-order valence-electron chi connectivity index (χ2n) is 4.80. The fourth-order valence-corrected chi connectivity index (χ4v) is 1.79. The van der Waals surface area contributed by atoms with E-state index in [0.717, 1.165) is 11.3 Å². The van der Waals surface area contributed by atoms with E-state index in [4.69, 9.17) is 4.74 Å². The molecule has 0 aliphatic carbocycles. The van der Waals surface area contributed by atoms with Gasteiger partial charge in [0.1, 0.15) is 11.6 Å². The summed E-state index contributed by atoms with van der Waals surface area (Å²) < 4.78 is 18.5. The number of amides is 1. The zero-order valence-electron chi connectivity index (χ0n) is 12.0. The summed E-state index contributed by atoms with van der Waals surface area (Å²) in [6.45, 7) is 2.14. The molecule has 0 aliphatic rings. The van der Waals surface area contributed by atoms with E-state index in [9.17, 15) is 9.18 Å². The molecule has 1 amide bonds. The van der Waals surface area contributed by atoms with Crippen molar-refractivity contribution < 1.29 is 13.9 Å². The van der Waals surface area contributed by atoms with Gasteiger partial charge in [0.05, 0.1) is 6.20 Å². The van der Waals surface area contributed by atoms with Gasteiger partial charge >= 0.3 is 0 Å². The molecule has 1 heterocycles. The van der Waals surface area contributed by atoms with Crippen LogP contribution in [0.25, 0.3) is 0 Å². The van der Waals surface area contributed by atoms with Gasteiger partial charge in [-0.1, -0.05) is 12.1 Å². The van der Waals surface area contributed by atoms with Gasteiger partial charge in [0.25, 0.3) is 5.91 Å². The molecule has 0 fully saturated rings. The van der Waals surface area contributed by atoms with Crippen LogP contribution in [0.3, 0.4) is 0 Å². The minimum Gasteiger partial charge on any atom is -0.482 e. The topological polar surface area (TPSA) is 42.4 Å². The third-order valence-corrected chi connectivity index (χ3v) is 2.98. The van der Waals surface area contributed by atoms with Crippen molar-refractivity contribution in [3.05, 3.63) is 59.7 Å². The minimum absolute atomic E-state index is 0.0729. The van der Waals surface area contributed by atoms with Crippen molar-refractivity contribution in [3.8, 4) is 5.75 Å². The molecule has 2 rings (SSSR count). The van der Waals surface area contributed by atoms with E-state index >= 15 is 0 Å². The molecule has 4 nitrogen and oxygen atoms in total. The Morgan fingerprint density at radius 3 is 2.81 bits per heavy atom. The maximum absolute atomic E-state index is 13.1. The van der Waals surface area contributed by atoms with Crippen LogP contribution in [0.1, 0.15) is 11.3 Å². The molecular weight excluding hydrogens is 271 g/mol. The largest absolute Gasteiger partial charge is 0.482 e. The number of aryl methyl sites for hydroxylation is 1. The minimum atomic E-state index is -0.310. The third-order valence-electron chi connectivity index (χ3n) is 2.98. The van der Waals surface area contributed by atoms with Crippen molar-refractivity contribution in [2.45, 2.75) is 13.5 Å². The lowest BCUT2D eigenvalue weighted by Gasteiger charge is -2.17. The van der Waals surface area contributed by atoms with Crippen LogP contribution < -0.4 is 4.74 Å². The number of carbonyl (C=O) groups is 1. The summed E-state index contributed by atoms with van der Waals surface area (Å²) in [6, 6.07) is 9.76. The number of hydrogen-bond acceptors (Lipinski definition) is 3. The number of aromatic nitrogens is 1. The highest BCUT2D eigenvalue weighted by molar-refractivity contribution is 5.77. The van der Waals surface area contributed by atoms with Crippen molar-refractivity contribution >= 4 is 5.91 Å². The first-order chi connectivity index (χ1) is 10.0. The number of likely N-dealkylation sites (N-methyl/N-ethyl adjacent to an activating group) is 1. The SMILES string of the molecule is Cc1ccc(OCC(=O)N(C)Cc2cccc(F)c2)cn1. The maximum Gasteiger partial charge on any atom is 0.260 e. The second-order valence-corrected chi connectivity index (χ2v) is 4.80. The lowest BCUT2D eigenvalue weighted by atomic mass is 10.2. The van der Waals surface area contributed by atoms with Crippen molar-refractivity contribution in [2.75, 3.05) is 13.7 Å². The van der Waals surface area contributed by atoms with E-state index in [-0.39, 0.29) is 18.3 Å². The van der Waals surface area contributed by atoms with Gasteiger partial charge in [-0.3, -0.25) is 9.78 Å². The lowest BCUT2D eigenvalue weighted by Crippen LogP contribution is -2.31. The van der Waals surface area contributed by atoms with Crippen LogP contribution in [-0.2, 0) is 11.3 Å². The van der Waals surface area contributed by atoms with E-state index in [0.29, 0.717) is 12.3 Å². The average Bonchev–Trinajstić information content (AvgIpc) is 2.46. The molecule has 0 saturated carbocycles. The van der Waals surface area contributed by atoms with Gasteiger partial charge < -0.3 is 9.64 Å². The van der Waals surface area contributed by atoms with Gasteiger partial charge in [-0.05, 0) is 36.8 Å². The fraction of sp³-hybridized carbons (Fsp3) is 0.250. The molecule has 0 N–H and O–H groups in total.